The molecule has 0 aromatic carbocycles. The van der Waals surface area contributed by atoms with E-state index in [0.717, 1.165) is 19.3 Å². The zero-order valence-electron chi connectivity index (χ0n) is 15.3. The van der Waals surface area contributed by atoms with Crippen LogP contribution in [-0.2, 0) is 9.53 Å². The van der Waals surface area contributed by atoms with Crippen molar-refractivity contribution in [3.63, 3.8) is 0 Å². The molecule has 4 N–H and O–H groups in total. The SMILES string of the molecule is CCCNC(=O)N[C@H]1CC[C@H](CC(=O)NC2CCCCC2)O[C@@H]1CO. The molecule has 25 heavy (non-hydrogen) atoms. The van der Waals surface area contributed by atoms with E-state index in [2.05, 4.69) is 16.0 Å². The molecule has 1 aliphatic carbocycles. The molecule has 2 aliphatic rings. The molecule has 1 saturated heterocycles. The van der Waals surface area contributed by atoms with Gasteiger partial charge in [-0.2, -0.15) is 0 Å². The molecule has 0 aromatic rings. The summed E-state index contributed by atoms with van der Waals surface area (Å²) in [6.07, 6.45) is 7.69. The Morgan fingerprint density at radius 3 is 2.52 bits per heavy atom. The highest BCUT2D eigenvalue weighted by atomic mass is 16.5. The van der Waals surface area contributed by atoms with E-state index in [1.54, 1.807) is 0 Å². The maximum atomic E-state index is 12.2. The first-order chi connectivity index (χ1) is 12.1. The van der Waals surface area contributed by atoms with Crippen molar-refractivity contribution in [2.24, 2.45) is 0 Å². The minimum absolute atomic E-state index is 0.0284. The minimum Gasteiger partial charge on any atom is -0.394 e. The van der Waals surface area contributed by atoms with Gasteiger partial charge in [0.1, 0.15) is 6.10 Å². The monoisotopic (exact) mass is 355 g/mol. The first-order valence-corrected chi connectivity index (χ1v) is 9.72. The maximum Gasteiger partial charge on any atom is 0.315 e. The van der Waals surface area contributed by atoms with Gasteiger partial charge in [-0.05, 0) is 32.1 Å². The third-order valence-electron chi connectivity index (χ3n) is 5.03. The van der Waals surface area contributed by atoms with Gasteiger partial charge in [0.05, 0.1) is 25.2 Å². The van der Waals surface area contributed by atoms with E-state index < -0.39 is 6.10 Å². The summed E-state index contributed by atoms with van der Waals surface area (Å²) >= 11 is 0. The van der Waals surface area contributed by atoms with Crippen molar-refractivity contribution in [2.45, 2.75) is 89.0 Å². The predicted molar refractivity (Wildman–Crippen MR) is 95.2 cm³/mol. The number of aliphatic hydroxyl groups is 1. The van der Waals surface area contributed by atoms with Crippen molar-refractivity contribution in [3.05, 3.63) is 0 Å². The second-order valence-corrected chi connectivity index (χ2v) is 7.17. The number of aliphatic hydroxyl groups excluding tert-OH is 1. The van der Waals surface area contributed by atoms with Crippen LogP contribution in [0.5, 0.6) is 0 Å². The van der Waals surface area contributed by atoms with Crippen molar-refractivity contribution in [1.82, 2.24) is 16.0 Å². The van der Waals surface area contributed by atoms with Gasteiger partial charge < -0.3 is 25.8 Å². The van der Waals surface area contributed by atoms with Gasteiger partial charge in [-0.3, -0.25) is 4.79 Å². The van der Waals surface area contributed by atoms with Gasteiger partial charge in [0.15, 0.2) is 0 Å². The number of rotatable bonds is 7. The smallest absolute Gasteiger partial charge is 0.315 e. The molecule has 0 spiro atoms. The lowest BCUT2D eigenvalue weighted by atomic mass is 9.94. The molecule has 2 fully saturated rings. The van der Waals surface area contributed by atoms with Crippen molar-refractivity contribution < 1.29 is 19.4 Å². The predicted octanol–water partition coefficient (Wildman–Crippen LogP) is 1.44. The van der Waals surface area contributed by atoms with Crippen molar-refractivity contribution in [2.75, 3.05) is 13.2 Å². The van der Waals surface area contributed by atoms with Gasteiger partial charge in [-0.25, -0.2) is 4.79 Å². The Morgan fingerprint density at radius 2 is 1.84 bits per heavy atom. The first kappa shape index (κ1) is 20.0. The Morgan fingerprint density at radius 1 is 1.08 bits per heavy atom. The number of carbonyl (C=O) groups excluding carboxylic acids is 2. The molecule has 144 valence electrons. The maximum absolute atomic E-state index is 12.2. The molecule has 1 aliphatic heterocycles. The zero-order chi connectivity index (χ0) is 18.1. The van der Waals surface area contributed by atoms with Crippen LogP contribution in [0.25, 0.3) is 0 Å². The summed E-state index contributed by atoms with van der Waals surface area (Å²) in [6, 6.07) is -0.156. The van der Waals surface area contributed by atoms with E-state index in [-0.39, 0.29) is 30.7 Å². The van der Waals surface area contributed by atoms with Crippen LogP contribution in [-0.4, -0.2) is 54.5 Å². The van der Waals surface area contributed by atoms with Gasteiger partial charge in [0, 0.05) is 12.6 Å². The van der Waals surface area contributed by atoms with E-state index in [4.69, 9.17) is 4.74 Å². The summed E-state index contributed by atoms with van der Waals surface area (Å²) in [6.45, 7) is 2.44. The fourth-order valence-electron chi connectivity index (χ4n) is 3.65. The highest BCUT2D eigenvalue weighted by molar-refractivity contribution is 5.77. The third kappa shape index (κ3) is 6.82. The average molecular weight is 355 g/mol. The summed E-state index contributed by atoms with van der Waals surface area (Å²) < 4.78 is 5.86. The molecule has 7 nitrogen and oxygen atoms in total. The number of amides is 3. The van der Waals surface area contributed by atoms with E-state index in [1.807, 2.05) is 6.92 Å². The Hall–Kier alpha value is -1.34. The quantitative estimate of drug-likeness (QED) is 0.555. The van der Waals surface area contributed by atoms with Gasteiger partial charge in [-0.15, -0.1) is 0 Å². The summed E-state index contributed by atoms with van der Waals surface area (Å²) in [4.78, 5) is 24.0. The van der Waals surface area contributed by atoms with E-state index >= 15 is 0 Å². The fourth-order valence-corrected chi connectivity index (χ4v) is 3.65. The molecule has 3 atom stereocenters. The number of nitrogens with one attached hydrogen (secondary N) is 3. The van der Waals surface area contributed by atoms with Crippen molar-refractivity contribution >= 4 is 11.9 Å². The zero-order valence-corrected chi connectivity index (χ0v) is 15.3. The molecule has 7 heteroatoms. The first-order valence-electron chi connectivity index (χ1n) is 9.72. The van der Waals surface area contributed by atoms with Crippen LogP contribution in [0, 0.1) is 0 Å². The summed E-state index contributed by atoms with van der Waals surface area (Å²) in [5, 5.41) is 18.3. The van der Waals surface area contributed by atoms with Crippen LogP contribution >= 0.6 is 0 Å². The molecule has 0 unspecified atom stereocenters. The van der Waals surface area contributed by atoms with Crippen molar-refractivity contribution in [3.8, 4) is 0 Å². The fraction of sp³-hybridized carbons (Fsp3) is 0.889. The summed E-state index contributed by atoms with van der Waals surface area (Å²) in [5.74, 6) is 0.0284. The normalized spacial score (nSPS) is 27.5. The second-order valence-electron chi connectivity index (χ2n) is 7.17. The highest BCUT2D eigenvalue weighted by Gasteiger charge is 2.33. The summed E-state index contributed by atoms with van der Waals surface area (Å²) in [7, 11) is 0. The molecular formula is C18H33N3O4. The van der Waals surface area contributed by atoms with Crippen molar-refractivity contribution in [1.29, 1.82) is 0 Å². The van der Waals surface area contributed by atoms with Crippen LogP contribution in [0.4, 0.5) is 4.79 Å². The van der Waals surface area contributed by atoms with Gasteiger partial charge in [0.2, 0.25) is 5.91 Å². The third-order valence-corrected chi connectivity index (χ3v) is 5.03. The second kappa shape index (κ2) is 10.6. The number of urea groups is 1. The number of hydrogen-bond donors (Lipinski definition) is 4. The van der Waals surface area contributed by atoms with E-state index in [9.17, 15) is 14.7 Å². The molecule has 3 amide bonds. The van der Waals surface area contributed by atoms with Gasteiger partial charge >= 0.3 is 6.03 Å². The number of hydrogen-bond acceptors (Lipinski definition) is 4. The van der Waals surface area contributed by atoms with Gasteiger partial charge in [-0.1, -0.05) is 26.2 Å². The largest absolute Gasteiger partial charge is 0.394 e. The lowest BCUT2D eigenvalue weighted by Crippen LogP contribution is -2.54. The van der Waals surface area contributed by atoms with E-state index in [0.29, 0.717) is 31.8 Å². The molecular weight excluding hydrogens is 322 g/mol. The Bertz CT molecular complexity index is 427. The number of ether oxygens (including phenoxy) is 1. The van der Waals surface area contributed by atoms with Crippen LogP contribution in [0.15, 0.2) is 0 Å². The Labute approximate surface area is 150 Å². The molecule has 0 bridgehead atoms. The van der Waals surface area contributed by atoms with Gasteiger partial charge in [0.25, 0.3) is 0 Å². The molecule has 1 heterocycles. The molecule has 0 aromatic heterocycles. The lowest BCUT2D eigenvalue weighted by molar-refractivity contribution is -0.131. The Kier molecular flexibility index (Phi) is 8.48. The van der Waals surface area contributed by atoms with Crippen LogP contribution in [0.3, 0.4) is 0 Å². The van der Waals surface area contributed by atoms with Crippen LogP contribution in [0.2, 0.25) is 0 Å². The minimum atomic E-state index is -0.464. The topological polar surface area (TPSA) is 99.7 Å². The highest BCUT2D eigenvalue weighted by Crippen LogP contribution is 2.23. The van der Waals surface area contributed by atoms with Crippen LogP contribution < -0.4 is 16.0 Å². The standard InChI is InChI=1S/C18H33N3O4/c1-2-10-19-18(24)21-15-9-8-14(25-16(15)12-22)11-17(23)20-13-6-4-3-5-7-13/h13-16,22H,2-12H2,1H3,(H,20,23)(H2,19,21,24)/t14-,15+,16-/m1/s1. The summed E-state index contributed by atoms with van der Waals surface area (Å²) in [5.41, 5.74) is 0. The molecule has 1 saturated carbocycles. The van der Waals surface area contributed by atoms with E-state index in [1.165, 1.54) is 19.3 Å². The average Bonchev–Trinajstić information content (AvgIpc) is 2.62. The lowest BCUT2D eigenvalue weighted by Gasteiger charge is -2.36. The Balaban J connectivity index is 1.74. The molecule has 2 rings (SSSR count). The number of carbonyl (C=O) groups is 2. The molecule has 0 radical (unpaired) electrons. The van der Waals surface area contributed by atoms with Crippen LogP contribution in [0.1, 0.15) is 64.7 Å².